The van der Waals surface area contributed by atoms with Gasteiger partial charge in [-0.05, 0) is 31.6 Å². The van der Waals surface area contributed by atoms with Crippen LogP contribution in [0, 0.1) is 0 Å². The molecule has 2 aliphatic rings. The number of aliphatic carboxylic acids is 1. The van der Waals surface area contributed by atoms with E-state index >= 15 is 0 Å². The number of rotatable bonds is 11. The Hall–Kier alpha value is -2.64. The Labute approximate surface area is 215 Å². The third-order valence-electron chi connectivity index (χ3n) is 5.48. The third-order valence-corrected chi connectivity index (χ3v) is 8.89. The van der Waals surface area contributed by atoms with E-state index in [0.29, 0.717) is 35.3 Å². The zero-order chi connectivity index (χ0) is 24.9. The molecule has 35 heavy (non-hydrogen) atoms. The largest absolute Gasteiger partial charge is 0.483 e. The Morgan fingerprint density at radius 3 is 2.83 bits per heavy atom. The maximum Gasteiger partial charge on any atom is 0.352 e. The average Bonchev–Trinajstić information content (AvgIpc) is 3.33. The van der Waals surface area contributed by atoms with E-state index in [-0.39, 0.29) is 11.6 Å². The number of ether oxygens (including phenoxy) is 1. The number of aromatic nitrogens is 3. The summed E-state index contributed by atoms with van der Waals surface area (Å²) in [5, 5.41) is 20.5. The van der Waals surface area contributed by atoms with Crippen LogP contribution in [0.2, 0.25) is 0 Å². The number of β-lactam (4-membered cyclic amide) rings is 1. The molecule has 2 amide bonds. The van der Waals surface area contributed by atoms with Gasteiger partial charge in [-0.1, -0.05) is 23.4 Å². The molecule has 1 fully saturated rings. The molecule has 0 aliphatic carbocycles. The zero-order valence-corrected chi connectivity index (χ0v) is 21.6. The predicted octanol–water partition coefficient (Wildman–Crippen LogP) is 2.29. The zero-order valence-electron chi connectivity index (χ0n) is 19.1. The number of aryl methyl sites for hydroxylation is 1. The topological polar surface area (TPSA) is 127 Å². The molecule has 186 valence electrons. The standard InChI is InChI=1S/C22H25N5O5S3/c1-3-26-16(9-23-25-26)33-10-14-11-34-21-17(20(29)27(21)18(14)22(30)31)24-19(28)13(2)35-12-32-15-7-5-4-6-8-15/h4-9,13,17,21H,3,10-12H2,1-2H3,(H,24,28)(H,30,31). The maximum absolute atomic E-state index is 12.9. The second kappa shape index (κ2) is 11.4. The van der Waals surface area contributed by atoms with Gasteiger partial charge in [-0.2, -0.15) is 0 Å². The fraction of sp³-hybridized carbons (Fsp3) is 0.409. The number of nitrogens with one attached hydrogen (secondary N) is 1. The summed E-state index contributed by atoms with van der Waals surface area (Å²) in [7, 11) is 0. The van der Waals surface area contributed by atoms with E-state index in [9.17, 15) is 19.5 Å². The maximum atomic E-state index is 12.9. The highest BCUT2D eigenvalue weighted by atomic mass is 32.2. The first-order chi connectivity index (χ1) is 16.9. The van der Waals surface area contributed by atoms with Crippen molar-refractivity contribution in [1.29, 1.82) is 0 Å². The van der Waals surface area contributed by atoms with Gasteiger partial charge in [-0.25, -0.2) is 9.48 Å². The first kappa shape index (κ1) is 25.5. The van der Waals surface area contributed by atoms with Crippen molar-refractivity contribution in [3.63, 3.8) is 0 Å². The average molecular weight is 536 g/mol. The van der Waals surface area contributed by atoms with Crippen molar-refractivity contribution in [2.75, 3.05) is 17.4 Å². The minimum Gasteiger partial charge on any atom is -0.483 e. The minimum atomic E-state index is -1.15. The van der Waals surface area contributed by atoms with Gasteiger partial charge in [0.25, 0.3) is 5.91 Å². The monoisotopic (exact) mass is 535 g/mol. The number of benzene rings is 1. The lowest BCUT2D eigenvalue weighted by atomic mass is 10.0. The molecule has 1 aromatic carbocycles. The number of fused-ring (bicyclic) bond motifs is 1. The van der Waals surface area contributed by atoms with E-state index < -0.39 is 28.5 Å². The Morgan fingerprint density at radius 1 is 1.34 bits per heavy atom. The van der Waals surface area contributed by atoms with Crippen molar-refractivity contribution >= 4 is 53.1 Å². The molecule has 4 rings (SSSR count). The molecule has 0 radical (unpaired) electrons. The van der Waals surface area contributed by atoms with Gasteiger partial charge in [-0.15, -0.1) is 40.4 Å². The molecule has 10 nitrogen and oxygen atoms in total. The number of nitrogens with zero attached hydrogens (tertiary/aromatic N) is 4. The predicted molar refractivity (Wildman–Crippen MR) is 135 cm³/mol. The summed E-state index contributed by atoms with van der Waals surface area (Å²) in [6.45, 7) is 4.35. The van der Waals surface area contributed by atoms with Crippen LogP contribution in [0.5, 0.6) is 5.75 Å². The molecular weight excluding hydrogens is 510 g/mol. The van der Waals surface area contributed by atoms with Gasteiger partial charge >= 0.3 is 5.97 Å². The van der Waals surface area contributed by atoms with Crippen molar-refractivity contribution in [1.82, 2.24) is 25.2 Å². The summed E-state index contributed by atoms with van der Waals surface area (Å²) in [4.78, 5) is 38.9. The Kier molecular flexibility index (Phi) is 8.29. The van der Waals surface area contributed by atoms with Crippen LogP contribution in [0.15, 0.2) is 52.8 Å². The van der Waals surface area contributed by atoms with Gasteiger partial charge in [0.15, 0.2) is 0 Å². The molecule has 0 spiro atoms. The minimum absolute atomic E-state index is 0.00552. The number of carbonyl (C=O) groups excluding carboxylic acids is 2. The van der Waals surface area contributed by atoms with Crippen molar-refractivity contribution in [3.05, 3.63) is 47.8 Å². The number of carbonyl (C=O) groups is 3. The quantitative estimate of drug-likeness (QED) is 0.251. The second-order valence-corrected chi connectivity index (χ2v) is 11.1. The molecule has 0 bridgehead atoms. The number of para-hydroxylation sites is 1. The Balaban J connectivity index is 1.34. The summed E-state index contributed by atoms with van der Waals surface area (Å²) in [6.07, 6.45) is 1.64. The number of amides is 2. The number of thioether (sulfide) groups is 3. The highest BCUT2D eigenvalue weighted by Crippen LogP contribution is 2.41. The highest BCUT2D eigenvalue weighted by Gasteiger charge is 2.54. The van der Waals surface area contributed by atoms with Crippen molar-refractivity contribution in [2.45, 2.75) is 42.1 Å². The summed E-state index contributed by atoms with van der Waals surface area (Å²) < 4.78 is 7.35. The van der Waals surface area contributed by atoms with Crippen LogP contribution in [-0.2, 0) is 20.9 Å². The highest BCUT2D eigenvalue weighted by molar-refractivity contribution is 8.01. The summed E-state index contributed by atoms with van der Waals surface area (Å²) >= 11 is 4.21. The summed E-state index contributed by atoms with van der Waals surface area (Å²) in [6, 6.07) is 8.55. The number of hydrogen-bond donors (Lipinski definition) is 2. The molecule has 2 aliphatic heterocycles. The SMILES string of the molecule is CCn1nncc1SCC1=C(C(=O)O)N2C(=O)C(NC(=O)C(C)SCOc3ccccc3)C2SC1. The van der Waals surface area contributed by atoms with Crippen LogP contribution < -0.4 is 10.1 Å². The van der Waals surface area contributed by atoms with Crippen molar-refractivity contribution in [2.24, 2.45) is 0 Å². The van der Waals surface area contributed by atoms with Gasteiger partial charge in [0.2, 0.25) is 5.91 Å². The van der Waals surface area contributed by atoms with Gasteiger partial charge in [-0.3, -0.25) is 14.5 Å². The Morgan fingerprint density at radius 2 is 2.11 bits per heavy atom. The Bertz CT molecular complexity index is 1130. The molecule has 2 N–H and O–H groups in total. The smallest absolute Gasteiger partial charge is 0.352 e. The van der Waals surface area contributed by atoms with Crippen LogP contribution in [0.25, 0.3) is 0 Å². The van der Waals surface area contributed by atoms with Crippen LogP contribution in [0.4, 0.5) is 0 Å². The van der Waals surface area contributed by atoms with Crippen LogP contribution in [0.3, 0.4) is 0 Å². The van der Waals surface area contributed by atoms with E-state index in [1.54, 1.807) is 17.8 Å². The molecule has 0 saturated carbocycles. The fourth-order valence-electron chi connectivity index (χ4n) is 3.60. The summed E-state index contributed by atoms with van der Waals surface area (Å²) in [5.41, 5.74) is 0.665. The van der Waals surface area contributed by atoms with Gasteiger partial charge < -0.3 is 15.2 Å². The van der Waals surface area contributed by atoms with Crippen LogP contribution in [0.1, 0.15) is 13.8 Å². The second-order valence-electron chi connectivity index (χ2n) is 7.71. The van der Waals surface area contributed by atoms with Crippen molar-refractivity contribution in [3.8, 4) is 5.75 Å². The summed E-state index contributed by atoms with van der Waals surface area (Å²) in [5.74, 6) is 0.0342. The van der Waals surface area contributed by atoms with Gasteiger partial charge in [0, 0.05) is 18.1 Å². The third kappa shape index (κ3) is 5.62. The number of hydrogen-bond acceptors (Lipinski definition) is 9. The molecule has 13 heteroatoms. The molecular formula is C22H25N5O5S3. The van der Waals surface area contributed by atoms with E-state index in [1.807, 2.05) is 37.3 Å². The lowest BCUT2D eigenvalue weighted by Crippen LogP contribution is -2.71. The first-order valence-electron chi connectivity index (χ1n) is 10.9. The number of carboxylic acids is 1. The van der Waals surface area contributed by atoms with Gasteiger partial charge in [0.05, 0.1) is 11.4 Å². The lowest BCUT2D eigenvalue weighted by Gasteiger charge is -2.49. The number of carboxylic acid groups (broad SMARTS) is 1. The van der Waals surface area contributed by atoms with E-state index in [0.717, 1.165) is 5.03 Å². The fourth-order valence-corrected chi connectivity index (χ4v) is 6.70. The molecule has 1 saturated heterocycles. The molecule has 1 aromatic heterocycles. The molecule has 2 aromatic rings. The molecule has 3 unspecified atom stereocenters. The van der Waals surface area contributed by atoms with E-state index in [4.69, 9.17) is 4.74 Å². The van der Waals surface area contributed by atoms with Crippen molar-refractivity contribution < 1.29 is 24.2 Å². The van der Waals surface area contributed by atoms with E-state index in [2.05, 4.69) is 15.6 Å². The van der Waals surface area contributed by atoms with Crippen LogP contribution >= 0.6 is 35.3 Å². The van der Waals surface area contributed by atoms with E-state index in [1.165, 1.54) is 40.2 Å². The molecule has 3 heterocycles. The first-order valence-corrected chi connectivity index (χ1v) is 14.0. The normalized spacial score (nSPS) is 20.2. The molecule has 3 atom stereocenters. The lowest BCUT2D eigenvalue weighted by molar-refractivity contribution is -0.150. The van der Waals surface area contributed by atoms with Gasteiger partial charge in [0.1, 0.15) is 33.8 Å². The van der Waals surface area contributed by atoms with Crippen LogP contribution in [-0.4, -0.2) is 76.9 Å².